The third-order valence-corrected chi connectivity index (χ3v) is 5.66. The highest BCUT2D eigenvalue weighted by atomic mass is 32.2. The van der Waals surface area contributed by atoms with Gasteiger partial charge in [-0.05, 0) is 43.7 Å². The molecule has 0 saturated carbocycles. The van der Waals surface area contributed by atoms with E-state index in [1.165, 1.54) is 11.8 Å². The highest BCUT2D eigenvalue weighted by Gasteiger charge is 2.16. The van der Waals surface area contributed by atoms with Crippen LogP contribution in [-0.4, -0.2) is 34.9 Å². The van der Waals surface area contributed by atoms with E-state index in [2.05, 4.69) is 10.3 Å². The molecule has 2 aromatic carbocycles. The minimum atomic E-state index is -0.254. The molecule has 1 unspecified atom stereocenters. The number of aromatic nitrogens is 2. The smallest absolute Gasteiger partial charge is 0.233 e. The number of aryl methyl sites for hydroxylation is 1. The van der Waals surface area contributed by atoms with Crippen LogP contribution in [0.2, 0.25) is 0 Å². The lowest BCUT2D eigenvalue weighted by Gasteiger charge is -2.16. The Balaban J connectivity index is 1.65. The van der Waals surface area contributed by atoms with Crippen molar-refractivity contribution in [1.82, 2.24) is 14.9 Å². The number of methoxy groups -OCH3 is 2. The molecule has 0 aliphatic rings. The molecule has 1 atom stereocenters. The van der Waals surface area contributed by atoms with Gasteiger partial charge in [-0.25, -0.2) is 4.98 Å². The molecule has 152 valence electrons. The summed E-state index contributed by atoms with van der Waals surface area (Å²) in [6.07, 6.45) is 3.69. The average Bonchev–Trinajstić information content (AvgIpc) is 3.17. The first kappa shape index (κ1) is 20.8. The molecule has 0 aliphatic carbocycles. The number of para-hydroxylation sites is 1. The van der Waals surface area contributed by atoms with Gasteiger partial charge in [-0.15, -0.1) is 11.8 Å². The standard InChI is InChI=1S/C22H25N3O3S/c1-15(29-18-9-10-20(27-3)21(13-18)28-4)22(26)24-14-17-7-5-6-8-19(17)25-12-11-23-16(25)2/h5-13,15H,14H2,1-4H3,(H,24,26). The lowest BCUT2D eigenvalue weighted by molar-refractivity contribution is -0.120. The van der Waals surface area contributed by atoms with Gasteiger partial charge in [0.05, 0.1) is 25.2 Å². The zero-order valence-electron chi connectivity index (χ0n) is 17.0. The zero-order chi connectivity index (χ0) is 20.8. The number of rotatable bonds is 8. The summed E-state index contributed by atoms with van der Waals surface area (Å²) in [5.41, 5.74) is 2.05. The van der Waals surface area contributed by atoms with E-state index in [1.54, 1.807) is 20.4 Å². The molecular formula is C22H25N3O3S. The molecule has 7 heteroatoms. The first-order valence-corrected chi connectivity index (χ1v) is 10.2. The van der Waals surface area contributed by atoms with E-state index in [9.17, 15) is 4.79 Å². The predicted molar refractivity (Wildman–Crippen MR) is 115 cm³/mol. The Morgan fingerprint density at radius 2 is 1.93 bits per heavy atom. The van der Waals surface area contributed by atoms with Crippen molar-refractivity contribution in [3.63, 3.8) is 0 Å². The van der Waals surface area contributed by atoms with Crippen molar-refractivity contribution < 1.29 is 14.3 Å². The van der Waals surface area contributed by atoms with Crippen LogP contribution in [0, 0.1) is 6.92 Å². The molecule has 3 aromatic rings. The van der Waals surface area contributed by atoms with Gasteiger partial charge < -0.3 is 19.4 Å². The van der Waals surface area contributed by atoms with Gasteiger partial charge in [0, 0.05) is 23.8 Å². The number of ether oxygens (including phenoxy) is 2. The van der Waals surface area contributed by atoms with Crippen LogP contribution in [0.1, 0.15) is 18.3 Å². The summed E-state index contributed by atoms with van der Waals surface area (Å²) in [5, 5.41) is 2.79. The summed E-state index contributed by atoms with van der Waals surface area (Å²) >= 11 is 1.48. The average molecular weight is 412 g/mol. The molecule has 0 fully saturated rings. The lowest BCUT2D eigenvalue weighted by atomic mass is 10.1. The molecule has 0 aliphatic heterocycles. The number of carbonyl (C=O) groups excluding carboxylic acids is 1. The van der Waals surface area contributed by atoms with Gasteiger partial charge in [0.15, 0.2) is 11.5 Å². The van der Waals surface area contributed by atoms with Crippen LogP contribution >= 0.6 is 11.8 Å². The molecule has 0 saturated heterocycles. The summed E-state index contributed by atoms with van der Waals surface area (Å²) < 4.78 is 12.6. The largest absolute Gasteiger partial charge is 0.493 e. The Kier molecular flexibility index (Phi) is 6.82. The number of thioether (sulfide) groups is 1. The van der Waals surface area contributed by atoms with Gasteiger partial charge in [-0.2, -0.15) is 0 Å². The number of nitrogens with zero attached hydrogens (tertiary/aromatic N) is 2. The topological polar surface area (TPSA) is 65.4 Å². The number of carbonyl (C=O) groups is 1. The van der Waals surface area contributed by atoms with E-state index in [0.29, 0.717) is 18.0 Å². The maximum absolute atomic E-state index is 12.7. The number of hydrogen-bond acceptors (Lipinski definition) is 5. The van der Waals surface area contributed by atoms with Gasteiger partial charge in [0.1, 0.15) is 5.82 Å². The number of nitrogens with one attached hydrogen (secondary N) is 1. The quantitative estimate of drug-likeness (QED) is 0.568. The van der Waals surface area contributed by atoms with Crippen molar-refractivity contribution in [2.24, 2.45) is 0 Å². The third kappa shape index (κ3) is 4.92. The maximum Gasteiger partial charge on any atom is 0.233 e. The Morgan fingerprint density at radius 1 is 1.17 bits per heavy atom. The fraction of sp³-hybridized carbons (Fsp3) is 0.273. The highest BCUT2D eigenvalue weighted by Crippen LogP contribution is 2.33. The van der Waals surface area contributed by atoms with Gasteiger partial charge >= 0.3 is 0 Å². The summed E-state index contributed by atoms with van der Waals surface area (Å²) in [4.78, 5) is 17.9. The molecule has 6 nitrogen and oxygen atoms in total. The molecular weight excluding hydrogens is 386 g/mol. The Hall–Kier alpha value is -2.93. The second-order valence-electron chi connectivity index (χ2n) is 6.47. The van der Waals surface area contributed by atoms with Gasteiger partial charge in [-0.1, -0.05) is 18.2 Å². The highest BCUT2D eigenvalue weighted by molar-refractivity contribution is 8.00. The normalized spacial score (nSPS) is 11.7. The minimum absolute atomic E-state index is 0.0260. The Labute approximate surface area is 175 Å². The van der Waals surface area contributed by atoms with Crippen LogP contribution in [-0.2, 0) is 11.3 Å². The molecule has 0 radical (unpaired) electrons. The molecule has 1 N–H and O–H groups in total. The molecule has 29 heavy (non-hydrogen) atoms. The summed E-state index contributed by atoms with van der Waals surface area (Å²) in [5.74, 6) is 2.19. The number of hydrogen-bond donors (Lipinski definition) is 1. The van der Waals surface area contributed by atoms with Crippen LogP contribution in [0.15, 0.2) is 59.8 Å². The molecule has 1 aromatic heterocycles. The van der Waals surface area contributed by atoms with E-state index < -0.39 is 0 Å². The third-order valence-electron chi connectivity index (χ3n) is 4.57. The number of imidazole rings is 1. The van der Waals surface area contributed by atoms with E-state index >= 15 is 0 Å². The molecule has 0 spiro atoms. The van der Waals surface area contributed by atoms with E-state index in [1.807, 2.05) is 67.1 Å². The van der Waals surface area contributed by atoms with E-state index in [0.717, 1.165) is 22.0 Å². The van der Waals surface area contributed by atoms with Crippen LogP contribution in [0.25, 0.3) is 5.69 Å². The van der Waals surface area contributed by atoms with Crippen molar-refractivity contribution in [2.45, 2.75) is 30.5 Å². The van der Waals surface area contributed by atoms with Crippen molar-refractivity contribution in [3.05, 3.63) is 66.2 Å². The summed E-state index contributed by atoms with van der Waals surface area (Å²) in [6.45, 7) is 4.29. The Bertz CT molecular complexity index is 987. The number of benzene rings is 2. The van der Waals surface area contributed by atoms with Crippen LogP contribution in [0.5, 0.6) is 11.5 Å². The maximum atomic E-state index is 12.7. The molecule has 0 bridgehead atoms. The van der Waals surface area contributed by atoms with Crippen LogP contribution < -0.4 is 14.8 Å². The lowest BCUT2D eigenvalue weighted by Crippen LogP contribution is -2.30. The molecule has 1 heterocycles. The predicted octanol–water partition coefficient (Wildman–Crippen LogP) is 3.99. The van der Waals surface area contributed by atoms with Crippen molar-refractivity contribution in [1.29, 1.82) is 0 Å². The minimum Gasteiger partial charge on any atom is -0.493 e. The first-order valence-electron chi connectivity index (χ1n) is 9.28. The van der Waals surface area contributed by atoms with Crippen molar-refractivity contribution >= 4 is 17.7 Å². The second-order valence-corrected chi connectivity index (χ2v) is 7.88. The zero-order valence-corrected chi connectivity index (χ0v) is 17.8. The monoisotopic (exact) mass is 411 g/mol. The van der Waals surface area contributed by atoms with Gasteiger partial charge in [0.2, 0.25) is 5.91 Å². The van der Waals surface area contributed by atoms with Crippen LogP contribution in [0.3, 0.4) is 0 Å². The summed E-state index contributed by atoms with van der Waals surface area (Å²) in [7, 11) is 3.20. The van der Waals surface area contributed by atoms with Crippen molar-refractivity contribution in [3.8, 4) is 17.2 Å². The van der Waals surface area contributed by atoms with Crippen LogP contribution in [0.4, 0.5) is 0 Å². The first-order chi connectivity index (χ1) is 14.0. The second kappa shape index (κ2) is 9.52. The Morgan fingerprint density at radius 3 is 2.62 bits per heavy atom. The van der Waals surface area contributed by atoms with E-state index in [-0.39, 0.29) is 11.2 Å². The fourth-order valence-electron chi connectivity index (χ4n) is 3.00. The van der Waals surface area contributed by atoms with Gasteiger partial charge in [0.25, 0.3) is 0 Å². The fourth-order valence-corrected chi connectivity index (χ4v) is 3.92. The van der Waals surface area contributed by atoms with Gasteiger partial charge in [-0.3, -0.25) is 4.79 Å². The number of amides is 1. The SMILES string of the molecule is COc1ccc(SC(C)C(=O)NCc2ccccc2-n2ccnc2C)cc1OC. The summed E-state index contributed by atoms with van der Waals surface area (Å²) in [6, 6.07) is 13.6. The molecule has 1 amide bonds. The van der Waals surface area contributed by atoms with E-state index in [4.69, 9.17) is 9.47 Å². The molecule has 3 rings (SSSR count). The van der Waals surface area contributed by atoms with Crippen molar-refractivity contribution in [2.75, 3.05) is 14.2 Å².